The lowest BCUT2D eigenvalue weighted by Crippen LogP contribution is -2.21. The van der Waals surface area contributed by atoms with Gasteiger partial charge in [0.25, 0.3) is 0 Å². The molecule has 0 fully saturated rings. The minimum atomic E-state index is -2.08. The van der Waals surface area contributed by atoms with E-state index in [1.54, 1.807) is 0 Å². The van der Waals surface area contributed by atoms with E-state index in [0.29, 0.717) is 6.61 Å². The van der Waals surface area contributed by atoms with Crippen LogP contribution in [0.5, 0.6) is 0 Å². The highest BCUT2D eigenvalue weighted by atomic mass is 32.2. The molecule has 0 amide bonds. The largest absolute Gasteiger partial charge is 0.301 e. The van der Waals surface area contributed by atoms with Crippen LogP contribution in [0.2, 0.25) is 25.7 Å². The van der Waals surface area contributed by atoms with Gasteiger partial charge >= 0.3 is 11.4 Å². The van der Waals surface area contributed by atoms with Crippen LogP contribution in [0.4, 0.5) is 0 Å². The summed E-state index contributed by atoms with van der Waals surface area (Å²) < 4.78 is 22.7. The Morgan fingerprint density at radius 2 is 2.00 bits per heavy atom. The van der Waals surface area contributed by atoms with Crippen LogP contribution >= 0.6 is 0 Å². The summed E-state index contributed by atoms with van der Waals surface area (Å²) in [7, 11) is -1.09. The van der Waals surface area contributed by atoms with Gasteiger partial charge in [-0.05, 0) is 6.04 Å². The third-order valence-electron chi connectivity index (χ3n) is 1.04. The van der Waals surface area contributed by atoms with Crippen molar-refractivity contribution in [2.45, 2.75) is 25.7 Å². The van der Waals surface area contributed by atoms with Crippen LogP contribution in [0, 0.1) is 0 Å². The molecule has 0 saturated heterocycles. The van der Waals surface area contributed by atoms with Crippen molar-refractivity contribution in [1.82, 2.24) is 0 Å². The van der Waals surface area contributed by atoms with E-state index in [9.17, 15) is 4.21 Å². The van der Waals surface area contributed by atoms with E-state index in [1.807, 2.05) is 0 Å². The second kappa shape index (κ2) is 4.22. The zero-order valence-corrected chi connectivity index (χ0v) is 8.40. The van der Waals surface area contributed by atoms with Gasteiger partial charge in [0.05, 0.1) is 6.61 Å². The maximum atomic E-state index is 9.99. The third-order valence-corrected chi connectivity index (χ3v) is 3.11. The summed E-state index contributed by atoms with van der Waals surface area (Å²) in [5.41, 5.74) is 0. The molecule has 1 atom stereocenters. The highest BCUT2D eigenvalue weighted by molar-refractivity contribution is 7.74. The van der Waals surface area contributed by atoms with E-state index in [0.717, 1.165) is 6.04 Å². The Hall–Kier alpha value is 0.287. The second-order valence-corrected chi connectivity index (χ2v) is 9.64. The highest BCUT2D eigenvalue weighted by Crippen LogP contribution is 2.07. The average molecular weight is 182 g/mol. The van der Waals surface area contributed by atoms with Crippen LogP contribution in [-0.4, -0.2) is 23.4 Å². The normalized spacial score (nSPS) is 15.2. The van der Waals surface area contributed by atoms with Gasteiger partial charge in [-0.25, -0.2) is 0 Å². The molecule has 0 bridgehead atoms. The predicted octanol–water partition coefficient (Wildman–Crippen LogP) is 1.48. The maximum Gasteiger partial charge on any atom is 0.301 e. The van der Waals surface area contributed by atoms with Crippen LogP contribution in [0.15, 0.2) is 0 Å². The molecule has 1 N–H and O–H groups in total. The van der Waals surface area contributed by atoms with Crippen molar-refractivity contribution in [2.24, 2.45) is 0 Å². The van der Waals surface area contributed by atoms with E-state index in [4.69, 9.17) is 4.55 Å². The molecule has 10 heavy (non-hydrogen) atoms. The van der Waals surface area contributed by atoms with E-state index in [2.05, 4.69) is 23.8 Å². The van der Waals surface area contributed by atoms with Gasteiger partial charge in [-0.3, -0.25) is 8.74 Å². The number of hydrogen-bond acceptors (Lipinski definition) is 2. The lowest BCUT2D eigenvalue weighted by molar-refractivity contribution is 0.323. The Labute approximate surface area is 65.3 Å². The standard InChI is InChI=1S/C5H14O3SSi/c1-10(2,3)5-4-8-9(6)7/h4-5H2,1-3H3,(H,6,7). The fourth-order valence-electron chi connectivity index (χ4n) is 0.419. The summed E-state index contributed by atoms with van der Waals surface area (Å²) in [6.07, 6.45) is 0. The molecule has 0 radical (unpaired) electrons. The Bertz CT molecular complexity index is 121. The summed E-state index contributed by atoms with van der Waals surface area (Å²) in [6.45, 7) is 6.97. The van der Waals surface area contributed by atoms with Gasteiger partial charge in [0.15, 0.2) is 0 Å². The molecule has 0 aliphatic rings. The molecule has 62 valence electrons. The summed E-state index contributed by atoms with van der Waals surface area (Å²) in [6, 6.07) is 0.930. The molecule has 5 heteroatoms. The van der Waals surface area contributed by atoms with Crippen LogP contribution in [-0.2, 0) is 15.5 Å². The maximum absolute atomic E-state index is 9.99. The quantitative estimate of drug-likeness (QED) is 0.529. The Balaban J connectivity index is 3.29. The first kappa shape index (κ1) is 10.3. The van der Waals surface area contributed by atoms with Gasteiger partial charge in [0, 0.05) is 8.07 Å². The van der Waals surface area contributed by atoms with E-state index < -0.39 is 19.4 Å². The molecule has 0 spiro atoms. The van der Waals surface area contributed by atoms with Crippen molar-refractivity contribution in [3.05, 3.63) is 0 Å². The first-order valence-corrected chi connectivity index (χ1v) is 7.90. The summed E-state index contributed by atoms with van der Waals surface area (Å²) in [5, 5.41) is 0. The van der Waals surface area contributed by atoms with Gasteiger partial charge in [-0.1, -0.05) is 19.6 Å². The fraction of sp³-hybridized carbons (Fsp3) is 1.00. The Morgan fingerprint density at radius 3 is 2.30 bits per heavy atom. The van der Waals surface area contributed by atoms with Crippen molar-refractivity contribution in [3.8, 4) is 0 Å². The molecule has 3 nitrogen and oxygen atoms in total. The fourth-order valence-corrected chi connectivity index (χ4v) is 1.51. The van der Waals surface area contributed by atoms with Crippen LogP contribution in [0.25, 0.3) is 0 Å². The smallest absolute Gasteiger partial charge is 0.284 e. The van der Waals surface area contributed by atoms with E-state index in [1.165, 1.54) is 0 Å². The molecule has 0 saturated carbocycles. The molecular formula is C5H14O3SSi. The van der Waals surface area contributed by atoms with Crippen LogP contribution in [0.1, 0.15) is 0 Å². The van der Waals surface area contributed by atoms with E-state index in [-0.39, 0.29) is 0 Å². The highest BCUT2D eigenvalue weighted by Gasteiger charge is 2.12. The molecule has 0 aliphatic carbocycles. The Morgan fingerprint density at radius 1 is 1.50 bits per heavy atom. The first-order chi connectivity index (χ1) is 4.42. The van der Waals surface area contributed by atoms with Crippen LogP contribution in [0.3, 0.4) is 0 Å². The summed E-state index contributed by atoms with van der Waals surface area (Å²) >= 11 is -2.08. The molecule has 0 aromatic carbocycles. The van der Waals surface area contributed by atoms with Crippen molar-refractivity contribution in [2.75, 3.05) is 6.61 Å². The molecule has 0 aromatic heterocycles. The lowest BCUT2D eigenvalue weighted by atomic mass is 10.9. The van der Waals surface area contributed by atoms with Crippen LogP contribution < -0.4 is 0 Å². The first-order valence-electron chi connectivity index (χ1n) is 3.16. The van der Waals surface area contributed by atoms with Gasteiger partial charge in [0.2, 0.25) is 0 Å². The summed E-state index contributed by atoms with van der Waals surface area (Å²) in [4.78, 5) is 0. The third kappa shape index (κ3) is 8.29. The zero-order chi connectivity index (χ0) is 8.20. The van der Waals surface area contributed by atoms with Gasteiger partial charge in [-0.2, -0.15) is 4.21 Å². The van der Waals surface area contributed by atoms with E-state index >= 15 is 0 Å². The SMILES string of the molecule is C[Si](C)(C)CCOS(=O)O. The topological polar surface area (TPSA) is 46.5 Å². The molecule has 0 heterocycles. The zero-order valence-electron chi connectivity index (χ0n) is 6.59. The minimum Gasteiger partial charge on any atom is -0.284 e. The second-order valence-electron chi connectivity index (χ2n) is 3.35. The molecule has 0 rings (SSSR count). The van der Waals surface area contributed by atoms with Crippen molar-refractivity contribution in [1.29, 1.82) is 0 Å². The van der Waals surface area contributed by atoms with Crippen molar-refractivity contribution in [3.63, 3.8) is 0 Å². The Kier molecular flexibility index (Phi) is 4.35. The number of rotatable bonds is 4. The van der Waals surface area contributed by atoms with Crippen molar-refractivity contribution >= 4 is 19.4 Å². The van der Waals surface area contributed by atoms with Gasteiger partial charge in [0.1, 0.15) is 0 Å². The van der Waals surface area contributed by atoms with Gasteiger partial charge in [-0.15, -0.1) is 0 Å². The molecular weight excluding hydrogens is 168 g/mol. The molecule has 1 unspecified atom stereocenters. The van der Waals surface area contributed by atoms with Gasteiger partial charge < -0.3 is 0 Å². The lowest BCUT2D eigenvalue weighted by Gasteiger charge is -2.13. The molecule has 0 aliphatic heterocycles. The minimum absolute atomic E-state index is 0.402. The number of hydrogen-bond donors (Lipinski definition) is 1. The summed E-state index contributed by atoms with van der Waals surface area (Å²) in [5.74, 6) is 0. The average Bonchev–Trinajstić information content (AvgIpc) is 1.59. The van der Waals surface area contributed by atoms with Crippen molar-refractivity contribution < 1.29 is 12.9 Å². The monoisotopic (exact) mass is 182 g/mol. The molecule has 0 aromatic rings. The predicted molar refractivity (Wildman–Crippen MR) is 44.9 cm³/mol.